The fourth-order valence-electron chi connectivity index (χ4n) is 11.6. The third-order valence-electron chi connectivity index (χ3n) is 14.9. The first-order chi connectivity index (χ1) is 37.0. The van der Waals surface area contributed by atoms with E-state index in [0.29, 0.717) is 46.2 Å². The lowest BCUT2D eigenvalue weighted by Crippen LogP contribution is -2.54. The van der Waals surface area contributed by atoms with Crippen LogP contribution in [0.5, 0.6) is 5.75 Å². The molecule has 3 aliphatic heterocycles. The number of aliphatic hydroxyl groups excluding tert-OH is 1. The van der Waals surface area contributed by atoms with Crippen molar-refractivity contribution in [2.24, 2.45) is 5.92 Å². The number of imide groups is 1. The number of benzene rings is 6. The minimum atomic E-state index is -2.25. The van der Waals surface area contributed by atoms with Crippen LogP contribution in [-0.2, 0) is 35.9 Å². The van der Waals surface area contributed by atoms with Crippen LogP contribution in [0.2, 0.25) is 0 Å². The van der Waals surface area contributed by atoms with Gasteiger partial charge in [0, 0.05) is 23.3 Å². The van der Waals surface area contributed by atoms with Crippen LogP contribution >= 0.6 is 11.3 Å². The highest BCUT2D eigenvalue weighted by Gasteiger charge is 2.76. The van der Waals surface area contributed by atoms with Gasteiger partial charge < -0.3 is 29.7 Å². The number of carbonyl (C=O) groups is 4. The van der Waals surface area contributed by atoms with Crippen LogP contribution in [0.15, 0.2) is 152 Å². The lowest BCUT2D eigenvalue weighted by Gasteiger charge is -2.46. The van der Waals surface area contributed by atoms with Crippen molar-refractivity contribution >= 4 is 61.9 Å². The molecule has 3 amide bonds. The molecule has 0 radical (unpaired) electrons. The molecular formula is C59H51N5O11S. The van der Waals surface area contributed by atoms with Gasteiger partial charge in [-0.3, -0.25) is 29.4 Å². The largest absolute Gasteiger partial charge is 0.491 e. The van der Waals surface area contributed by atoms with Crippen LogP contribution < -0.4 is 15.0 Å². The number of cyclic esters (lactones) is 1. The first-order valence-corrected chi connectivity index (χ1v) is 26.0. The summed E-state index contributed by atoms with van der Waals surface area (Å²) in [5.41, 5.74) is -0.516. The Kier molecular flexibility index (Phi) is 13.7. The predicted octanol–water partition coefficient (Wildman–Crippen LogP) is 9.65. The number of hydrogen-bond acceptors (Lipinski definition) is 14. The van der Waals surface area contributed by atoms with E-state index in [0.717, 1.165) is 35.3 Å². The average Bonchev–Trinajstić information content (AvgIpc) is 4.02. The SMILES string of the molecule is O=C1O[C@@H](c2ccccc2)[C@@H](c2ccccc2)N2[C@@H](c3ccccc3OCCO)[C@]3(C(=O)N(C(=O)OCc4ccc([N+](=O)[O-])cc4)c4ccc(C#CC5(O)CCCCCC5)cc43)[C@@H](C(=O)Nc3nc4ccccc4s3)[C@H]12. The van der Waals surface area contributed by atoms with Gasteiger partial charge >= 0.3 is 12.1 Å². The van der Waals surface area contributed by atoms with Gasteiger partial charge in [-0.15, -0.1) is 0 Å². The molecule has 16 nitrogen and oxygen atoms in total. The Labute approximate surface area is 441 Å². The summed E-state index contributed by atoms with van der Waals surface area (Å²) in [6, 6.07) is 39.2. The molecule has 1 saturated carbocycles. The first-order valence-electron chi connectivity index (χ1n) is 25.2. The monoisotopic (exact) mass is 1040 g/mol. The normalized spacial score (nSPS) is 22.7. The van der Waals surface area contributed by atoms with Crippen molar-refractivity contribution in [2.75, 3.05) is 23.4 Å². The van der Waals surface area contributed by atoms with Crippen molar-refractivity contribution in [3.05, 3.63) is 195 Å². The highest BCUT2D eigenvalue weighted by atomic mass is 32.1. The van der Waals surface area contributed by atoms with E-state index in [9.17, 15) is 20.3 Å². The van der Waals surface area contributed by atoms with Crippen LogP contribution in [0.1, 0.15) is 90.1 Å². The Bertz CT molecular complexity index is 3390. The Morgan fingerprint density at radius 2 is 1.53 bits per heavy atom. The van der Waals surface area contributed by atoms with Crippen molar-refractivity contribution in [2.45, 2.75) is 80.4 Å². The maximum absolute atomic E-state index is 16.8. The predicted molar refractivity (Wildman–Crippen MR) is 282 cm³/mol. The molecule has 17 heteroatoms. The second-order valence-corrected chi connectivity index (χ2v) is 20.4. The molecule has 6 aromatic carbocycles. The number of hydrogen-bond donors (Lipinski definition) is 3. The van der Waals surface area contributed by atoms with E-state index in [2.05, 4.69) is 17.2 Å². The van der Waals surface area contributed by atoms with Gasteiger partial charge in [0.15, 0.2) is 5.13 Å². The number of thiazole rings is 1. The second kappa shape index (κ2) is 20.8. The number of ether oxygens (including phenoxy) is 3. The molecule has 6 atom stereocenters. The summed E-state index contributed by atoms with van der Waals surface area (Å²) in [5, 5.41) is 36.7. The molecule has 0 bridgehead atoms. The van der Waals surface area contributed by atoms with Crippen LogP contribution in [-0.4, -0.2) is 73.8 Å². The zero-order valence-corrected chi connectivity index (χ0v) is 41.8. The lowest BCUT2D eigenvalue weighted by molar-refractivity contribution is -0.384. The van der Waals surface area contributed by atoms with Crippen LogP contribution in [0.4, 0.5) is 21.3 Å². The van der Waals surface area contributed by atoms with Crippen molar-refractivity contribution < 1.29 is 48.5 Å². The van der Waals surface area contributed by atoms with Gasteiger partial charge in [-0.05, 0) is 96.5 Å². The average molecular weight is 1040 g/mol. The maximum Gasteiger partial charge on any atom is 0.421 e. The molecule has 4 heterocycles. The van der Waals surface area contributed by atoms with Gasteiger partial charge in [0.2, 0.25) is 11.8 Å². The zero-order chi connectivity index (χ0) is 52.6. The standard InChI is InChI=1S/C59H51N5O11S/c65-33-34-73-46-21-11-9-19-42(46)52-59(43-35-37(29-32-58(70)30-13-1-2-14-31-58)25-28-45(43)62(55(59)68)57(69)74-36-38-23-26-41(27-24-38)64(71)72)48(53(66)61-56-60-44-20-10-12-22-47(44)76-56)50-54(67)75-51(40-17-7-4-8-18-40)49(63(50)52)39-15-5-3-6-16-39/h3-12,15-28,35,48-52,65,70H,1-2,13-14,30-31,33-34,36H2,(H,60,61,66)/t48-,49-,50-,51+,52+,59-/m1/s1. The molecule has 384 valence electrons. The van der Waals surface area contributed by atoms with Gasteiger partial charge in [-0.2, -0.15) is 0 Å². The molecule has 1 aliphatic carbocycles. The minimum Gasteiger partial charge on any atom is -0.491 e. The highest BCUT2D eigenvalue weighted by Crippen LogP contribution is 2.67. The number of para-hydroxylation sites is 2. The third kappa shape index (κ3) is 9.02. The van der Waals surface area contributed by atoms with Gasteiger partial charge in [0.05, 0.1) is 45.4 Å². The molecular weight excluding hydrogens is 987 g/mol. The number of nitro benzene ring substituents is 1. The van der Waals surface area contributed by atoms with Crippen molar-refractivity contribution in [3.8, 4) is 17.6 Å². The van der Waals surface area contributed by atoms with E-state index in [-0.39, 0.29) is 41.0 Å². The summed E-state index contributed by atoms with van der Waals surface area (Å²) in [6.45, 7) is -0.931. The van der Waals surface area contributed by atoms with Crippen LogP contribution in [0.3, 0.4) is 0 Å². The summed E-state index contributed by atoms with van der Waals surface area (Å²) >= 11 is 1.21. The van der Waals surface area contributed by atoms with Crippen molar-refractivity contribution in [3.63, 3.8) is 0 Å². The molecule has 3 N–H and O–H groups in total. The number of morpholine rings is 1. The number of nitro groups is 1. The quantitative estimate of drug-likeness (QED) is 0.0363. The van der Waals surface area contributed by atoms with Gasteiger partial charge in [-0.1, -0.05) is 127 Å². The summed E-state index contributed by atoms with van der Waals surface area (Å²) in [7, 11) is 0. The number of amides is 3. The smallest absolute Gasteiger partial charge is 0.421 e. The molecule has 2 saturated heterocycles. The maximum atomic E-state index is 16.8. The molecule has 76 heavy (non-hydrogen) atoms. The number of fused-ring (bicyclic) bond motifs is 4. The Balaban J connectivity index is 1.18. The number of anilines is 2. The highest BCUT2D eigenvalue weighted by molar-refractivity contribution is 7.22. The molecule has 11 rings (SSSR count). The summed E-state index contributed by atoms with van der Waals surface area (Å²) in [5.74, 6) is 2.35. The fraction of sp³-hybridized carbons (Fsp3) is 0.271. The number of nitrogens with zero attached hydrogens (tertiary/aromatic N) is 4. The van der Waals surface area contributed by atoms with Crippen LogP contribution in [0.25, 0.3) is 10.2 Å². The summed E-state index contributed by atoms with van der Waals surface area (Å²) in [6.07, 6.45) is 2.28. The summed E-state index contributed by atoms with van der Waals surface area (Å²) < 4.78 is 19.7. The number of esters is 1. The molecule has 0 unspecified atom stereocenters. The van der Waals surface area contributed by atoms with Gasteiger partial charge in [-0.25, -0.2) is 14.7 Å². The zero-order valence-electron chi connectivity index (χ0n) is 41.0. The topological polar surface area (TPSA) is 211 Å². The number of rotatable bonds is 11. The van der Waals surface area contributed by atoms with E-state index >= 15 is 19.2 Å². The Morgan fingerprint density at radius 3 is 2.24 bits per heavy atom. The second-order valence-electron chi connectivity index (χ2n) is 19.4. The van der Waals surface area contributed by atoms with E-state index in [1.54, 1.807) is 48.5 Å². The minimum absolute atomic E-state index is 0.0399. The van der Waals surface area contributed by atoms with Crippen molar-refractivity contribution in [1.29, 1.82) is 0 Å². The molecule has 3 fully saturated rings. The number of nitrogens with one attached hydrogen (secondary N) is 1. The van der Waals surface area contributed by atoms with Gasteiger partial charge in [0.25, 0.3) is 5.69 Å². The Hall–Kier alpha value is -8.27. The number of non-ortho nitro benzene ring substituents is 1. The Morgan fingerprint density at radius 1 is 0.842 bits per heavy atom. The van der Waals surface area contributed by atoms with Gasteiger partial charge in [0.1, 0.15) is 42.1 Å². The van der Waals surface area contributed by atoms with Crippen molar-refractivity contribution in [1.82, 2.24) is 9.88 Å². The number of aliphatic hydroxyl groups is 2. The molecule has 1 spiro atoms. The first kappa shape index (κ1) is 49.9. The van der Waals surface area contributed by atoms with E-state index in [1.165, 1.54) is 35.6 Å². The molecule has 1 aromatic heterocycles. The fourth-order valence-corrected chi connectivity index (χ4v) is 12.5. The third-order valence-corrected chi connectivity index (χ3v) is 15.8. The van der Waals surface area contributed by atoms with E-state index in [4.69, 9.17) is 19.2 Å². The molecule has 7 aromatic rings. The number of aromatic nitrogens is 1. The molecule has 4 aliphatic rings. The lowest BCUT2D eigenvalue weighted by atomic mass is 9.65. The summed E-state index contributed by atoms with van der Waals surface area (Å²) in [4.78, 5) is 82.2. The van der Waals surface area contributed by atoms with E-state index < -0.39 is 76.6 Å². The van der Waals surface area contributed by atoms with E-state index in [1.807, 2.05) is 83.8 Å². The number of carbonyl (C=O) groups excluding carboxylic acids is 4. The van der Waals surface area contributed by atoms with Crippen LogP contribution in [0, 0.1) is 27.9 Å².